The van der Waals surface area contributed by atoms with Gasteiger partial charge in [-0.2, -0.15) is 0 Å². The second kappa shape index (κ2) is 5.55. The highest BCUT2D eigenvalue weighted by atomic mass is 16.3. The first-order valence-electron chi connectivity index (χ1n) is 4.61. The molecule has 5 nitrogen and oxygen atoms in total. The minimum absolute atomic E-state index is 0.258. The summed E-state index contributed by atoms with van der Waals surface area (Å²) in [7, 11) is 1.67. The van der Waals surface area contributed by atoms with Gasteiger partial charge in [-0.25, -0.2) is 0 Å². The largest absolute Gasteiger partial charge is 0.389 e. The summed E-state index contributed by atoms with van der Waals surface area (Å²) in [6.45, 7) is 0.258. The van der Waals surface area contributed by atoms with Crippen LogP contribution in [-0.4, -0.2) is 41.2 Å². The molecule has 5 heteroatoms. The van der Waals surface area contributed by atoms with Crippen molar-refractivity contribution in [3.8, 4) is 0 Å². The molecule has 0 spiro atoms. The number of nitrogens with one attached hydrogen (secondary N) is 1. The van der Waals surface area contributed by atoms with Gasteiger partial charge in [-0.15, -0.1) is 0 Å². The van der Waals surface area contributed by atoms with E-state index in [-0.39, 0.29) is 6.54 Å². The van der Waals surface area contributed by atoms with Gasteiger partial charge in [0, 0.05) is 18.3 Å². The number of aliphatic hydroxyl groups excluding tert-OH is 2. The number of carbonyl (C=O) groups excluding carboxylic acids is 1. The van der Waals surface area contributed by atoms with Gasteiger partial charge in [0.05, 0.1) is 11.8 Å². The van der Waals surface area contributed by atoms with Crippen LogP contribution in [0.3, 0.4) is 0 Å². The summed E-state index contributed by atoms with van der Waals surface area (Å²) in [4.78, 5) is 14.4. The molecule has 15 heavy (non-hydrogen) atoms. The summed E-state index contributed by atoms with van der Waals surface area (Å²) in [6, 6.07) is 2.99. The molecule has 2 atom stereocenters. The first-order chi connectivity index (χ1) is 7.19. The Labute approximate surface area is 87.8 Å². The lowest BCUT2D eigenvalue weighted by molar-refractivity contribution is 0.0176. The Hall–Kier alpha value is -1.30. The van der Waals surface area contributed by atoms with Gasteiger partial charge in [-0.3, -0.25) is 9.78 Å². The molecule has 3 N–H and O–H groups in total. The van der Waals surface area contributed by atoms with Gasteiger partial charge < -0.3 is 15.5 Å². The average Bonchev–Trinajstić information content (AvgIpc) is 2.28. The van der Waals surface area contributed by atoms with Gasteiger partial charge in [0.1, 0.15) is 12.4 Å². The predicted octanol–water partition coefficient (Wildman–Crippen LogP) is -0.492. The zero-order valence-electron chi connectivity index (χ0n) is 8.42. The summed E-state index contributed by atoms with van der Waals surface area (Å²) in [5.74, 6) is 0. The Morgan fingerprint density at radius 2 is 2.33 bits per heavy atom. The van der Waals surface area contributed by atoms with Crippen molar-refractivity contribution in [2.75, 3.05) is 13.6 Å². The smallest absolute Gasteiger partial charge is 0.150 e. The van der Waals surface area contributed by atoms with Crippen LogP contribution in [0, 0.1) is 0 Å². The Kier molecular flexibility index (Phi) is 4.36. The fourth-order valence-corrected chi connectivity index (χ4v) is 1.22. The molecule has 0 saturated heterocycles. The van der Waals surface area contributed by atoms with Crippen molar-refractivity contribution >= 4 is 6.29 Å². The van der Waals surface area contributed by atoms with Gasteiger partial charge >= 0.3 is 0 Å². The van der Waals surface area contributed by atoms with Crippen LogP contribution in [-0.2, 0) is 0 Å². The van der Waals surface area contributed by atoms with Gasteiger partial charge in [-0.1, -0.05) is 0 Å². The summed E-state index contributed by atoms with van der Waals surface area (Å²) < 4.78 is 0. The first kappa shape index (κ1) is 11.8. The normalized spacial score (nSPS) is 14.6. The highest BCUT2D eigenvalue weighted by Crippen LogP contribution is 2.14. The molecule has 0 radical (unpaired) electrons. The van der Waals surface area contributed by atoms with Gasteiger partial charge in [-0.05, 0) is 19.2 Å². The number of carbonyl (C=O) groups is 1. The molecule has 1 heterocycles. The molecular formula is C10H14N2O3. The highest BCUT2D eigenvalue weighted by Gasteiger charge is 2.18. The minimum atomic E-state index is -1.09. The van der Waals surface area contributed by atoms with Crippen LogP contribution in [0.1, 0.15) is 22.2 Å². The first-order valence-corrected chi connectivity index (χ1v) is 4.61. The third-order valence-electron chi connectivity index (χ3n) is 2.02. The molecule has 0 bridgehead atoms. The number of hydrogen-bond donors (Lipinski definition) is 3. The van der Waals surface area contributed by atoms with Crippen molar-refractivity contribution in [2.45, 2.75) is 12.2 Å². The number of rotatable bonds is 5. The molecule has 0 amide bonds. The standard InChI is InChI=1S/C10H14N2O3/c1-11-5-9(14)10(15)8-4-7(6-13)2-3-12-8/h2-4,6,9-11,14-15H,5H2,1H3. The Balaban J connectivity index is 2.80. The molecule has 1 aromatic heterocycles. The third kappa shape index (κ3) is 3.09. The molecular weight excluding hydrogens is 196 g/mol. The highest BCUT2D eigenvalue weighted by molar-refractivity contribution is 5.74. The van der Waals surface area contributed by atoms with Crippen LogP contribution in [0.15, 0.2) is 18.3 Å². The fourth-order valence-electron chi connectivity index (χ4n) is 1.22. The van der Waals surface area contributed by atoms with Gasteiger partial charge in [0.25, 0.3) is 0 Å². The van der Waals surface area contributed by atoms with Crippen molar-refractivity contribution in [3.63, 3.8) is 0 Å². The number of aromatic nitrogens is 1. The maximum atomic E-state index is 10.5. The number of aldehydes is 1. The number of aliphatic hydroxyl groups is 2. The number of likely N-dealkylation sites (N-methyl/N-ethyl adjacent to an activating group) is 1. The summed E-state index contributed by atoms with van der Waals surface area (Å²) in [6.07, 6.45) is 0.0678. The van der Waals surface area contributed by atoms with Crippen molar-refractivity contribution in [3.05, 3.63) is 29.6 Å². The van der Waals surface area contributed by atoms with E-state index in [1.807, 2.05) is 0 Å². The van der Waals surface area contributed by atoms with E-state index in [1.54, 1.807) is 7.05 Å². The molecule has 1 rings (SSSR count). The van der Waals surface area contributed by atoms with Gasteiger partial charge in [0.2, 0.25) is 0 Å². The van der Waals surface area contributed by atoms with E-state index in [2.05, 4.69) is 10.3 Å². The third-order valence-corrected chi connectivity index (χ3v) is 2.02. The lowest BCUT2D eigenvalue weighted by atomic mass is 10.1. The van der Waals surface area contributed by atoms with Crippen LogP contribution >= 0.6 is 0 Å². The van der Waals surface area contributed by atoms with Crippen molar-refractivity contribution < 1.29 is 15.0 Å². The van der Waals surface area contributed by atoms with E-state index in [1.165, 1.54) is 18.3 Å². The zero-order chi connectivity index (χ0) is 11.3. The Bertz CT molecular complexity index is 330. The number of hydrogen-bond acceptors (Lipinski definition) is 5. The van der Waals surface area contributed by atoms with Crippen LogP contribution in [0.5, 0.6) is 0 Å². The van der Waals surface area contributed by atoms with Crippen LogP contribution in [0.25, 0.3) is 0 Å². The molecule has 0 aliphatic carbocycles. The van der Waals surface area contributed by atoms with E-state index < -0.39 is 12.2 Å². The van der Waals surface area contributed by atoms with E-state index in [9.17, 15) is 15.0 Å². The molecule has 0 fully saturated rings. The SMILES string of the molecule is CNCC(O)C(O)c1cc(C=O)ccn1. The number of nitrogens with zero attached hydrogens (tertiary/aromatic N) is 1. The summed E-state index contributed by atoms with van der Waals surface area (Å²) in [5, 5.41) is 21.9. The molecule has 2 unspecified atom stereocenters. The van der Waals surface area contributed by atoms with E-state index >= 15 is 0 Å². The van der Waals surface area contributed by atoms with Gasteiger partial charge in [0.15, 0.2) is 0 Å². The summed E-state index contributed by atoms with van der Waals surface area (Å²) in [5.41, 5.74) is 0.720. The quantitative estimate of drug-likeness (QED) is 0.571. The second-order valence-electron chi connectivity index (χ2n) is 3.20. The van der Waals surface area contributed by atoms with E-state index in [4.69, 9.17) is 0 Å². The lowest BCUT2D eigenvalue weighted by Crippen LogP contribution is -2.30. The fraction of sp³-hybridized carbons (Fsp3) is 0.400. The van der Waals surface area contributed by atoms with E-state index in [0.29, 0.717) is 17.5 Å². The predicted molar refractivity (Wildman–Crippen MR) is 54.5 cm³/mol. The summed E-state index contributed by atoms with van der Waals surface area (Å²) >= 11 is 0. The average molecular weight is 210 g/mol. The molecule has 0 aliphatic rings. The van der Waals surface area contributed by atoms with Crippen molar-refractivity contribution in [2.24, 2.45) is 0 Å². The van der Waals surface area contributed by atoms with Crippen molar-refractivity contribution in [1.82, 2.24) is 10.3 Å². The monoisotopic (exact) mass is 210 g/mol. The molecule has 0 saturated carbocycles. The topological polar surface area (TPSA) is 82.5 Å². The molecule has 1 aromatic rings. The minimum Gasteiger partial charge on any atom is -0.389 e. The van der Waals surface area contributed by atoms with Crippen molar-refractivity contribution in [1.29, 1.82) is 0 Å². The number of pyridine rings is 1. The van der Waals surface area contributed by atoms with Crippen LogP contribution < -0.4 is 5.32 Å². The zero-order valence-corrected chi connectivity index (χ0v) is 8.42. The second-order valence-corrected chi connectivity index (χ2v) is 3.20. The van der Waals surface area contributed by atoms with E-state index in [0.717, 1.165) is 0 Å². The maximum Gasteiger partial charge on any atom is 0.150 e. The lowest BCUT2D eigenvalue weighted by Gasteiger charge is -2.16. The molecule has 0 aliphatic heterocycles. The maximum absolute atomic E-state index is 10.5. The Morgan fingerprint density at radius 3 is 2.93 bits per heavy atom. The van der Waals surface area contributed by atoms with Crippen LogP contribution in [0.4, 0.5) is 0 Å². The van der Waals surface area contributed by atoms with Crippen LogP contribution in [0.2, 0.25) is 0 Å². The Morgan fingerprint density at radius 1 is 1.60 bits per heavy atom. The molecule has 0 aromatic carbocycles. The molecule has 82 valence electrons.